The summed E-state index contributed by atoms with van der Waals surface area (Å²) in [6.45, 7) is 12.1. The summed E-state index contributed by atoms with van der Waals surface area (Å²) < 4.78 is 5.23. The van der Waals surface area contributed by atoms with E-state index in [4.69, 9.17) is 4.74 Å². The van der Waals surface area contributed by atoms with Gasteiger partial charge in [-0.1, -0.05) is 34.1 Å². The molecule has 0 aromatic carbocycles. The van der Waals surface area contributed by atoms with E-state index in [0.29, 0.717) is 17.4 Å². The van der Waals surface area contributed by atoms with Crippen LogP contribution in [0.25, 0.3) is 0 Å². The summed E-state index contributed by atoms with van der Waals surface area (Å²) in [6, 6.07) is 0.499. The van der Waals surface area contributed by atoms with Crippen LogP contribution >= 0.6 is 0 Å². The van der Waals surface area contributed by atoms with Gasteiger partial charge in [-0.25, -0.2) is 0 Å². The maximum atomic E-state index is 10.0. The molecule has 3 nitrogen and oxygen atoms in total. The molecule has 1 saturated carbocycles. The Hall–Kier alpha value is -0.120. The first-order valence-corrected chi connectivity index (χ1v) is 7.87. The molecule has 0 aromatic heterocycles. The number of ether oxygens (including phenoxy) is 1. The molecule has 1 aliphatic carbocycles. The molecule has 0 spiro atoms. The SMILES string of the molecule is CCN(CCOC)C1CC(O)CCC1C(C)(C)CC. The van der Waals surface area contributed by atoms with Gasteiger partial charge >= 0.3 is 0 Å². The number of aliphatic hydroxyl groups is 1. The molecule has 0 aromatic rings. The van der Waals surface area contributed by atoms with Crippen LogP contribution in [0.1, 0.15) is 53.4 Å². The second-order valence-corrected chi connectivity index (χ2v) is 6.60. The first-order valence-electron chi connectivity index (χ1n) is 7.87. The average molecular weight is 271 g/mol. The number of rotatable bonds is 7. The van der Waals surface area contributed by atoms with Gasteiger partial charge in [0, 0.05) is 19.7 Å². The van der Waals surface area contributed by atoms with Crippen LogP contribution < -0.4 is 0 Å². The van der Waals surface area contributed by atoms with Crippen LogP contribution in [-0.4, -0.2) is 49.0 Å². The van der Waals surface area contributed by atoms with Gasteiger partial charge in [0.15, 0.2) is 0 Å². The highest BCUT2D eigenvalue weighted by Gasteiger charge is 2.40. The largest absolute Gasteiger partial charge is 0.393 e. The number of aliphatic hydroxyl groups excluding tert-OH is 1. The molecular formula is C16H33NO2. The van der Waals surface area contributed by atoms with Crippen LogP contribution in [0.4, 0.5) is 0 Å². The van der Waals surface area contributed by atoms with Crippen molar-refractivity contribution in [3.8, 4) is 0 Å². The van der Waals surface area contributed by atoms with Crippen molar-refractivity contribution in [3.63, 3.8) is 0 Å². The first-order chi connectivity index (χ1) is 8.96. The van der Waals surface area contributed by atoms with Gasteiger partial charge < -0.3 is 9.84 Å². The molecular weight excluding hydrogens is 238 g/mol. The molecule has 19 heavy (non-hydrogen) atoms. The molecule has 0 radical (unpaired) electrons. The Balaban J connectivity index is 2.81. The van der Waals surface area contributed by atoms with Crippen molar-refractivity contribution < 1.29 is 9.84 Å². The van der Waals surface area contributed by atoms with Gasteiger partial charge in [-0.15, -0.1) is 0 Å². The van der Waals surface area contributed by atoms with Crippen molar-refractivity contribution in [3.05, 3.63) is 0 Å². The number of nitrogens with zero attached hydrogens (tertiary/aromatic N) is 1. The normalized spacial score (nSPS) is 28.9. The maximum Gasteiger partial charge on any atom is 0.0589 e. The summed E-state index contributed by atoms with van der Waals surface area (Å²) in [5.74, 6) is 0.678. The lowest BCUT2D eigenvalue weighted by atomic mass is 9.66. The minimum Gasteiger partial charge on any atom is -0.393 e. The molecule has 114 valence electrons. The number of likely N-dealkylation sites (N-methyl/N-ethyl adjacent to an activating group) is 1. The van der Waals surface area contributed by atoms with Gasteiger partial charge in [0.05, 0.1) is 12.7 Å². The predicted octanol–water partition coefficient (Wildman–Crippen LogP) is 2.92. The van der Waals surface area contributed by atoms with Crippen molar-refractivity contribution in [1.29, 1.82) is 0 Å². The van der Waals surface area contributed by atoms with E-state index in [2.05, 4.69) is 32.6 Å². The van der Waals surface area contributed by atoms with Crippen LogP contribution in [0.15, 0.2) is 0 Å². The fraction of sp³-hybridized carbons (Fsp3) is 1.00. The van der Waals surface area contributed by atoms with Crippen LogP contribution in [0, 0.1) is 11.3 Å². The summed E-state index contributed by atoms with van der Waals surface area (Å²) in [6.07, 6.45) is 4.12. The topological polar surface area (TPSA) is 32.7 Å². The van der Waals surface area contributed by atoms with Gasteiger partial charge in [0.1, 0.15) is 0 Å². The number of methoxy groups -OCH3 is 1. The highest BCUT2D eigenvalue weighted by atomic mass is 16.5. The van der Waals surface area contributed by atoms with Crippen LogP contribution in [0.5, 0.6) is 0 Å². The molecule has 0 saturated heterocycles. The molecule has 3 unspecified atom stereocenters. The van der Waals surface area contributed by atoms with Crippen LogP contribution in [0.3, 0.4) is 0 Å². The summed E-state index contributed by atoms with van der Waals surface area (Å²) >= 11 is 0. The lowest BCUT2D eigenvalue weighted by molar-refractivity contribution is -0.0229. The summed E-state index contributed by atoms with van der Waals surface area (Å²) in [4.78, 5) is 2.51. The Bertz CT molecular complexity index is 255. The molecule has 0 aliphatic heterocycles. The van der Waals surface area contributed by atoms with Gasteiger partial charge in [-0.3, -0.25) is 4.90 Å². The van der Waals surface area contributed by atoms with Crippen molar-refractivity contribution in [1.82, 2.24) is 4.90 Å². The van der Waals surface area contributed by atoms with Gasteiger partial charge in [-0.05, 0) is 37.1 Å². The Morgan fingerprint density at radius 2 is 1.95 bits per heavy atom. The third-order valence-electron chi connectivity index (χ3n) is 5.16. The summed E-state index contributed by atoms with van der Waals surface area (Å²) in [5, 5.41) is 10.0. The van der Waals surface area contributed by atoms with Crippen molar-refractivity contribution in [2.24, 2.45) is 11.3 Å². The molecule has 1 N–H and O–H groups in total. The van der Waals surface area contributed by atoms with Crippen LogP contribution in [0.2, 0.25) is 0 Å². The third kappa shape index (κ3) is 4.44. The van der Waals surface area contributed by atoms with Crippen molar-refractivity contribution in [2.75, 3.05) is 26.8 Å². The van der Waals surface area contributed by atoms with E-state index < -0.39 is 0 Å². The molecule has 0 heterocycles. The minimum absolute atomic E-state index is 0.120. The zero-order chi connectivity index (χ0) is 14.5. The molecule has 3 atom stereocenters. The van der Waals surface area contributed by atoms with Crippen LogP contribution in [-0.2, 0) is 4.74 Å². The van der Waals surface area contributed by atoms with E-state index in [1.807, 2.05) is 0 Å². The monoisotopic (exact) mass is 271 g/mol. The standard InChI is InChI=1S/C16H33NO2/c1-6-16(3,4)14-9-8-13(18)12-15(14)17(7-2)10-11-19-5/h13-15,18H,6-12H2,1-5H3. The maximum absolute atomic E-state index is 10.0. The van der Waals surface area contributed by atoms with Gasteiger partial charge in [-0.2, -0.15) is 0 Å². The predicted molar refractivity (Wildman–Crippen MR) is 80.3 cm³/mol. The fourth-order valence-corrected chi connectivity index (χ4v) is 3.47. The Kier molecular flexibility index (Phi) is 6.78. The molecule has 1 fully saturated rings. The molecule has 3 heteroatoms. The molecule has 1 aliphatic rings. The van der Waals surface area contributed by atoms with E-state index in [1.165, 1.54) is 6.42 Å². The van der Waals surface area contributed by atoms with Gasteiger partial charge in [0.25, 0.3) is 0 Å². The lowest BCUT2D eigenvalue weighted by Crippen LogP contribution is -2.51. The molecule has 0 amide bonds. The first kappa shape index (κ1) is 16.9. The van der Waals surface area contributed by atoms with Crippen molar-refractivity contribution in [2.45, 2.75) is 65.5 Å². The smallest absolute Gasteiger partial charge is 0.0589 e. The second kappa shape index (κ2) is 7.61. The average Bonchev–Trinajstić information content (AvgIpc) is 2.39. The van der Waals surface area contributed by atoms with E-state index in [-0.39, 0.29) is 6.10 Å². The summed E-state index contributed by atoms with van der Waals surface area (Å²) in [7, 11) is 1.76. The van der Waals surface area contributed by atoms with E-state index in [9.17, 15) is 5.11 Å². The molecule has 0 bridgehead atoms. The number of hydrogen-bond acceptors (Lipinski definition) is 3. The quantitative estimate of drug-likeness (QED) is 0.773. The highest BCUT2D eigenvalue weighted by molar-refractivity contribution is 4.93. The lowest BCUT2D eigenvalue weighted by Gasteiger charge is -2.48. The highest BCUT2D eigenvalue weighted by Crippen LogP contribution is 2.42. The van der Waals surface area contributed by atoms with E-state index in [0.717, 1.165) is 39.0 Å². The Labute approximate surface area is 119 Å². The van der Waals surface area contributed by atoms with E-state index in [1.54, 1.807) is 7.11 Å². The second-order valence-electron chi connectivity index (χ2n) is 6.60. The zero-order valence-electron chi connectivity index (χ0n) is 13.5. The van der Waals surface area contributed by atoms with E-state index >= 15 is 0 Å². The zero-order valence-corrected chi connectivity index (χ0v) is 13.5. The fourth-order valence-electron chi connectivity index (χ4n) is 3.47. The minimum atomic E-state index is -0.120. The Morgan fingerprint density at radius 3 is 2.47 bits per heavy atom. The third-order valence-corrected chi connectivity index (χ3v) is 5.16. The molecule has 1 rings (SSSR count). The van der Waals surface area contributed by atoms with Gasteiger partial charge in [0.2, 0.25) is 0 Å². The Morgan fingerprint density at radius 1 is 1.26 bits per heavy atom. The summed E-state index contributed by atoms with van der Waals surface area (Å²) in [5.41, 5.74) is 0.352. The van der Waals surface area contributed by atoms with Crippen molar-refractivity contribution >= 4 is 0 Å². The number of hydrogen-bond donors (Lipinski definition) is 1.